The maximum Gasteiger partial charge on any atom is 0.251 e. The van der Waals surface area contributed by atoms with Gasteiger partial charge >= 0.3 is 0 Å². The van der Waals surface area contributed by atoms with Crippen LogP contribution in [0.3, 0.4) is 0 Å². The van der Waals surface area contributed by atoms with E-state index in [0.29, 0.717) is 18.7 Å². The van der Waals surface area contributed by atoms with Crippen LogP contribution in [-0.4, -0.2) is 30.1 Å². The van der Waals surface area contributed by atoms with E-state index >= 15 is 0 Å². The van der Waals surface area contributed by atoms with Crippen molar-refractivity contribution in [2.45, 2.75) is 25.5 Å². The standard InChI is InChI=1S/C24H25N3O2/c28-24(26-17-22-12-7-15-29-22)20-13-14-25-23(16-20)27(21-10-5-2-6-11-21)18-19-8-3-1-4-9-19/h1-6,8-11,13-14,16,22H,7,12,15,17-18H2,(H,26,28). The van der Waals surface area contributed by atoms with Crippen LogP contribution in [0.15, 0.2) is 79.0 Å². The second-order valence-electron chi connectivity index (χ2n) is 7.16. The molecule has 1 fully saturated rings. The number of ether oxygens (including phenoxy) is 1. The number of amides is 1. The molecule has 2 heterocycles. The van der Waals surface area contributed by atoms with E-state index in [-0.39, 0.29) is 12.0 Å². The van der Waals surface area contributed by atoms with Gasteiger partial charge < -0.3 is 15.0 Å². The van der Waals surface area contributed by atoms with Crippen LogP contribution in [0.4, 0.5) is 11.5 Å². The molecule has 0 radical (unpaired) electrons. The first kappa shape index (κ1) is 19.2. The Morgan fingerprint density at radius 3 is 2.55 bits per heavy atom. The van der Waals surface area contributed by atoms with Gasteiger partial charge in [-0.25, -0.2) is 4.98 Å². The Bertz CT molecular complexity index is 925. The third kappa shape index (κ3) is 5.00. The molecule has 1 aliphatic rings. The summed E-state index contributed by atoms with van der Waals surface area (Å²) in [6.45, 7) is 1.99. The van der Waals surface area contributed by atoms with Gasteiger partial charge in [0, 0.05) is 37.1 Å². The zero-order valence-electron chi connectivity index (χ0n) is 16.3. The van der Waals surface area contributed by atoms with Crippen LogP contribution in [0.5, 0.6) is 0 Å². The van der Waals surface area contributed by atoms with Gasteiger partial charge in [-0.2, -0.15) is 0 Å². The smallest absolute Gasteiger partial charge is 0.251 e. The minimum Gasteiger partial charge on any atom is -0.376 e. The van der Waals surface area contributed by atoms with E-state index in [9.17, 15) is 4.79 Å². The summed E-state index contributed by atoms with van der Waals surface area (Å²) in [7, 11) is 0. The lowest BCUT2D eigenvalue weighted by molar-refractivity contribution is 0.0857. The first-order valence-corrected chi connectivity index (χ1v) is 10.0. The SMILES string of the molecule is O=C(NCC1CCCO1)c1ccnc(N(Cc2ccccc2)c2ccccc2)c1. The monoisotopic (exact) mass is 387 g/mol. The van der Waals surface area contributed by atoms with Crippen molar-refractivity contribution in [1.29, 1.82) is 0 Å². The Morgan fingerprint density at radius 2 is 1.83 bits per heavy atom. The Labute approximate surface area is 171 Å². The number of carbonyl (C=O) groups is 1. The molecule has 1 aromatic heterocycles. The summed E-state index contributed by atoms with van der Waals surface area (Å²) in [6.07, 6.45) is 3.88. The second-order valence-corrected chi connectivity index (χ2v) is 7.16. The topological polar surface area (TPSA) is 54.5 Å². The molecule has 0 bridgehead atoms. The van der Waals surface area contributed by atoms with Crippen LogP contribution in [0.25, 0.3) is 0 Å². The van der Waals surface area contributed by atoms with Crippen molar-refractivity contribution in [3.8, 4) is 0 Å². The minimum absolute atomic E-state index is 0.100. The van der Waals surface area contributed by atoms with Gasteiger partial charge in [0.05, 0.1) is 6.10 Å². The predicted octanol–water partition coefficient (Wildman–Crippen LogP) is 4.33. The summed E-state index contributed by atoms with van der Waals surface area (Å²) >= 11 is 0. The number of para-hydroxylation sites is 1. The van der Waals surface area contributed by atoms with Crippen LogP contribution in [0.2, 0.25) is 0 Å². The zero-order valence-corrected chi connectivity index (χ0v) is 16.3. The molecule has 148 valence electrons. The van der Waals surface area contributed by atoms with E-state index < -0.39 is 0 Å². The third-order valence-electron chi connectivity index (χ3n) is 5.05. The van der Waals surface area contributed by atoms with Crippen molar-refractivity contribution in [2.24, 2.45) is 0 Å². The first-order chi connectivity index (χ1) is 14.3. The van der Waals surface area contributed by atoms with E-state index in [1.54, 1.807) is 12.3 Å². The Morgan fingerprint density at radius 1 is 1.07 bits per heavy atom. The maximum absolute atomic E-state index is 12.7. The minimum atomic E-state index is -0.100. The highest BCUT2D eigenvalue weighted by Gasteiger charge is 2.18. The molecule has 0 spiro atoms. The molecular weight excluding hydrogens is 362 g/mol. The Kier molecular flexibility index (Phi) is 6.17. The van der Waals surface area contributed by atoms with Crippen LogP contribution >= 0.6 is 0 Å². The highest BCUT2D eigenvalue weighted by molar-refractivity contribution is 5.95. The lowest BCUT2D eigenvalue weighted by atomic mass is 10.1. The Balaban J connectivity index is 1.55. The normalized spacial score (nSPS) is 15.8. The largest absolute Gasteiger partial charge is 0.376 e. The molecule has 3 aromatic rings. The number of nitrogens with zero attached hydrogens (tertiary/aromatic N) is 2. The second kappa shape index (κ2) is 9.34. The van der Waals surface area contributed by atoms with Crippen molar-refractivity contribution < 1.29 is 9.53 Å². The number of carbonyl (C=O) groups excluding carboxylic acids is 1. The van der Waals surface area contributed by atoms with E-state index in [1.807, 2.05) is 42.5 Å². The van der Waals surface area contributed by atoms with Gasteiger partial charge in [0.1, 0.15) is 5.82 Å². The molecular formula is C24H25N3O2. The Hall–Kier alpha value is -3.18. The average molecular weight is 387 g/mol. The van der Waals surface area contributed by atoms with Crippen LogP contribution < -0.4 is 10.2 Å². The molecule has 5 heteroatoms. The number of nitrogens with one attached hydrogen (secondary N) is 1. The molecule has 0 saturated carbocycles. The van der Waals surface area contributed by atoms with E-state index in [4.69, 9.17) is 4.74 Å². The molecule has 1 atom stereocenters. The van der Waals surface area contributed by atoms with E-state index in [0.717, 1.165) is 31.0 Å². The molecule has 1 unspecified atom stereocenters. The summed E-state index contributed by atoms with van der Waals surface area (Å²) in [5, 5.41) is 2.99. The molecule has 4 rings (SSSR count). The van der Waals surface area contributed by atoms with Gasteiger partial charge in [-0.05, 0) is 42.7 Å². The van der Waals surface area contributed by atoms with Gasteiger partial charge in [0.25, 0.3) is 5.91 Å². The number of hydrogen-bond donors (Lipinski definition) is 1. The molecule has 1 amide bonds. The fraction of sp³-hybridized carbons (Fsp3) is 0.250. The van der Waals surface area contributed by atoms with E-state index in [1.165, 1.54) is 5.56 Å². The molecule has 0 aliphatic carbocycles. The van der Waals surface area contributed by atoms with E-state index in [2.05, 4.69) is 39.5 Å². The zero-order chi connectivity index (χ0) is 19.9. The summed E-state index contributed by atoms with van der Waals surface area (Å²) in [5.41, 5.74) is 2.80. The summed E-state index contributed by atoms with van der Waals surface area (Å²) in [6, 6.07) is 23.9. The summed E-state index contributed by atoms with van der Waals surface area (Å²) < 4.78 is 5.59. The summed E-state index contributed by atoms with van der Waals surface area (Å²) in [5.74, 6) is 0.640. The van der Waals surface area contributed by atoms with Gasteiger partial charge in [0.15, 0.2) is 0 Å². The molecule has 29 heavy (non-hydrogen) atoms. The number of anilines is 2. The van der Waals surface area contributed by atoms with Crippen molar-refractivity contribution in [1.82, 2.24) is 10.3 Å². The van der Waals surface area contributed by atoms with Crippen molar-refractivity contribution in [3.63, 3.8) is 0 Å². The van der Waals surface area contributed by atoms with Gasteiger partial charge in [-0.1, -0.05) is 48.5 Å². The third-order valence-corrected chi connectivity index (χ3v) is 5.05. The molecule has 1 aliphatic heterocycles. The maximum atomic E-state index is 12.7. The summed E-state index contributed by atoms with van der Waals surface area (Å²) in [4.78, 5) is 19.3. The average Bonchev–Trinajstić information content (AvgIpc) is 3.31. The first-order valence-electron chi connectivity index (χ1n) is 10.0. The number of pyridine rings is 1. The van der Waals surface area contributed by atoms with Crippen LogP contribution in [-0.2, 0) is 11.3 Å². The quantitative estimate of drug-likeness (QED) is 0.656. The van der Waals surface area contributed by atoms with Gasteiger partial charge in [-0.3, -0.25) is 4.79 Å². The highest BCUT2D eigenvalue weighted by atomic mass is 16.5. The van der Waals surface area contributed by atoms with Gasteiger partial charge in [-0.15, -0.1) is 0 Å². The lowest BCUT2D eigenvalue weighted by Gasteiger charge is -2.24. The fourth-order valence-electron chi connectivity index (χ4n) is 3.50. The van der Waals surface area contributed by atoms with Gasteiger partial charge in [0.2, 0.25) is 0 Å². The number of benzene rings is 2. The number of hydrogen-bond acceptors (Lipinski definition) is 4. The van der Waals surface area contributed by atoms with Crippen molar-refractivity contribution in [2.75, 3.05) is 18.1 Å². The highest BCUT2D eigenvalue weighted by Crippen LogP contribution is 2.26. The predicted molar refractivity (Wildman–Crippen MR) is 114 cm³/mol. The molecule has 1 saturated heterocycles. The molecule has 5 nitrogen and oxygen atoms in total. The molecule has 2 aromatic carbocycles. The van der Waals surface area contributed by atoms with Crippen molar-refractivity contribution >= 4 is 17.4 Å². The van der Waals surface area contributed by atoms with Crippen LogP contribution in [0.1, 0.15) is 28.8 Å². The number of aromatic nitrogens is 1. The van der Waals surface area contributed by atoms with Crippen molar-refractivity contribution in [3.05, 3.63) is 90.1 Å². The molecule has 1 N–H and O–H groups in total. The fourth-order valence-corrected chi connectivity index (χ4v) is 3.50. The van der Waals surface area contributed by atoms with Crippen LogP contribution in [0, 0.1) is 0 Å². The number of rotatable bonds is 7. The lowest BCUT2D eigenvalue weighted by Crippen LogP contribution is -2.32.